The van der Waals surface area contributed by atoms with Gasteiger partial charge >= 0.3 is 0 Å². The standard InChI is InChI=1S/C15H31Br/c1-2-3-4-5-6-7-8-9-10-11-12-13-14-15-16/h2-15H2,1H3/i1D3. The van der Waals surface area contributed by atoms with Gasteiger partial charge in [-0.1, -0.05) is 99.8 Å². The molecule has 0 saturated heterocycles. The highest BCUT2D eigenvalue weighted by Crippen LogP contribution is 2.12. The Hall–Kier alpha value is 0.480. The summed E-state index contributed by atoms with van der Waals surface area (Å²) in [5.41, 5.74) is 0. The molecule has 0 aliphatic carbocycles. The molecule has 0 fully saturated rings. The van der Waals surface area contributed by atoms with E-state index in [-0.39, 0.29) is 0 Å². The van der Waals surface area contributed by atoms with Gasteiger partial charge in [0.2, 0.25) is 0 Å². The summed E-state index contributed by atoms with van der Waals surface area (Å²) in [4.78, 5) is 0. The molecule has 0 bridgehead atoms. The van der Waals surface area contributed by atoms with Crippen molar-refractivity contribution in [2.24, 2.45) is 0 Å². The summed E-state index contributed by atoms with van der Waals surface area (Å²) in [6.07, 6.45) is 15.8. The summed E-state index contributed by atoms with van der Waals surface area (Å²) in [6, 6.07) is 0. The van der Waals surface area contributed by atoms with Crippen LogP contribution in [0.4, 0.5) is 0 Å². The molecule has 0 atom stereocenters. The van der Waals surface area contributed by atoms with Gasteiger partial charge in [0.05, 0.1) is 0 Å². The maximum absolute atomic E-state index is 7.12. The van der Waals surface area contributed by atoms with Gasteiger partial charge in [0, 0.05) is 9.44 Å². The minimum atomic E-state index is -1.71. The van der Waals surface area contributed by atoms with Crippen molar-refractivity contribution < 1.29 is 4.11 Å². The van der Waals surface area contributed by atoms with Crippen molar-refractivity contribution in [3.8, 4) is 0 Å². The van der Waals surface area contributed by atoms with Gasteiger partial charge in [-0.15, -0.1) is 0 Å². The number of hydrogen-bond donors (Lipinski definition) is 0. The Kier molecular flexibility index (Phi) is 11.2. The molecule has 98 valence electrons. The fourth-order valence-electron chi connectivity index (χ4n) is 1.99. The molecule has 0 rings (SSSR count). The Balaban J connectivity index is 2.99. The minimum Gasteiger partial charge on any atom is -0.0928 e. The Morgan fingerprint density at radius 1 is 0.625 bits per heavy atom. The molecule has 0 aliphatic heterocycles. The van der Waals surface area contributed by atoms with E-state index in [2.05, 4.69) is 15.9 Å². The van der Waals surface area contributed by atoms with Crippen LogP contribution in [0.5, 0.6) is 0 Å². The van der Waals surface area contributed by atoms with Crippen LogP contribution in [0.25, 0.3) is 0 Å². The third-order valence-electron chi connectivity index (χ3n) is 3.06. The summed E-state index contributed by atoms with van der Waals surface area (Å²) in [7, 11) is 0. The fraction of sp³-hybridized carbons (Fsp3) is 1.00. The van der Waals surface area contributed by atoms with Gasteiger partial charge < -0.3 is 0 Å². The second-order valence-corrected chi connectivity index (χ2v) is 5.47. The molecule has 0 heterocycles. The van der Waals surface area contributed by atoms with Crippen molar-refractivity contribution >= 4 is 15.9 Å². The molecule has 1 heteroatoms. The zero-order chi connectivity index (χ0) is 14.4. The third-order valence-corrected chi connectivity index (χ3v) is 3.62. The lowest BCUT2D eigenvalue weighted by atomic mass is 10.1. The van der Waals surface area contributed by atoms with Crippen LogP contribution in [-0.2, 0) is 0 Å². The molecule has 0 aromatic carbocycles. The molecule has 0 N–H and O–H groups in total. The first kappa shape index (κ1) is 11.6. The second kappa shape index (κ2) is 15.5. The van der Waals surface area contributed by atoms with Gasteiger partial charge in [-0.2, -0.15) is 0 Å². The molecule has 0 nitrogen and oxygen atoms in total. The molecular formula is C15H31Br. The van der Waals surface area contributed by atoms with E-state index in [9.17, 15) is 0 Å². The van der Waals surface area contributed by atoms with Gasteiger partial charge in [-0.25, -0.2) is 0 Å². The van der Waals surface area contributed by atoms with Crippen LogP contribution in [-0.4, -0.2) is 5.33 Å². The predicted octanol–water partition coefficient (Wildman–Crippen LogP) is 6.47. The summed E-state index contributed by atoms with van der Waals surface area (Å²) in [6.45, 7) is -1.71. The zero-order valence-corrected chi connectivity index (χ0v) is 12.4. The van der Waals surface area contributed by atoms with Crippen LogP contribution in [0.1, 0.15) is 94.4 Å². The van der Waals surface area contributed by atoms with Crippen molar-refractivity contribution in [2.75, 3.05) is 5.33 Å². The molecule has 16 heavy (non-hydrogen) atoms. The molecule has 0 amide bonds. The number of unbranched alkanes of at least 4 members (excludes halogenated alkanes) is 11. The molecule has 0 aromatic rings. The normalized spacial score (nSPS) is 14.4. The third kappa shape index (κ3) is 14.5. The molecule has 0 unspecified atom stereocenters. The first-order valence-electron chi connectivity index (χ1n) is 8.62. The Bertz CT molecular complexity index is 181. The Morgan fingerprint density at radius 3 is 1.38 bits per heavy atom. The maximum atomic E-state index is 7.12. The lowest BCUT2D eigenvalue weighted by molar-refractivity contribution is 0.543. The van der Waals surface area contributed by atoms with Crippen molar-refractivity contribution in [2.45, 2.75) is 90.3 Å². The van der Waals surface area contributed by atoms with Crippen molar-refractivity contribution in [1.29, 1.82) is 0 Å². The quantitative estimate of drug-likeness (QED) is 0.269. The Morgan fingerprint density at radius 2 is 1.00 bits per heavy atom. The van der Waals surface area contributed by atoms with E-state index in [0.717, 1.165) is 18.2 Å². The highest BCUT2D eigenvalue weighted by molar-refractivity contribution is 9.09. The lowest BCUT2D eigenvalue weighted by Gasteiger charge is -2.02. The van der Waals surface area contributed by atoms with E-state index in [1.807, 2.05) is 0 Å². The maximum Gasteiger partial charge on any atom is 0.0230 e. The predicted molar refractivity (Wildman–Crippen MR) is 79.5 cm³/mol. The van der Waals surface area contributed by atoms with Gasteiger partial charge in [0.25, 0.3) is 0 Å². The van der Waals surface area contributed by atoms with Gasteiger partial charge in [0.15, 0.2) is 0 Å². The van der Waals surface area contributed by atoms with Crippen molar-refractivity contribution in [3.05, 3.63) is 0 Å². The van der Waals surface area contributed by atoms with Crippen LogP contribution >= 0.6 is 15.9 Å². The van der Waals surface area contributed by atoms with E-state index in [1.165, 1.54) is 64.2 Å². The van der Waals surface area contributed by atoms with Crippen LogP contribution < -0.4 is 0 Å². The van der Waals surface area contributed by atoms with E-state index < -0.39 is 6.85 Å². The molecule has 0 spiro atoms. The molecule has 0 aromatic heterocycles. The van der Waals surface area contributed by atoms with Gasteiger partial charge in [-0.05, 0) is 6.42 Å². The second-order valence-electron chi connectivity index (χ2n) is 4.68. The molecular weight excluding hydrogens is 260 g/mol. The summed E-state index contributed by atoms with van der Waals surface area (Å²) in [5, 5.41) is 1.15. The average Bonchev–Trinajstić information content (AvgIpc) is 2.34. The average molecular weight is 294 g/mol. The van der Waals surface area contributed by atoms with E-state index >= 15 is 0 Å². The van der Waals surface area contributed by atoms with Crippen LogP contribution in [0.3, 0.4) is 0 Å². The lowest BCUT2D eigenvalue weighted by Crippen LogP contribution is -1.83. The monoisotopic (exact) mass is 293 g/mol. The van der Waals surface area contributed by atoms with Crippen LogP contribution in [0.15, 0.2) is 0 Å². The number of halogens is 1. The highest BCUT2D eigenvalue weighted by atomic mass is 79.9. The Labute approximate surface area is 116 Å². The van der Waals surface area contributed by atoms with Crippen LogP contribution in [0, 0.1) is 0 Å². The minimum absolute atomic E-state index is 0.390. The summed E-state index contributed by atoms with van der Waals surface area (Å²) in [5.74, 6) is 0. The van der Waals surface area contributed by atoms with E-state index in [4.69, 9.17) is 4.11 Å². The zero-order valence-electron chi connectivity index (χ0n) is 13.8. The van der Waals surface area contributed by atoms with Crippen molar-refractivity contribution in [1.82, 2.24) is 0 Å². The fourth-order valence-corrected chi connectivity index (χ4v) is 2.38. The number of alkyl halides is 1. The molecule has 0 saturated carbocycles. The summed E-state index contributed by atoms with van der Waals surface area (Å²) >= 11 is 3.46. The van der Waals surface area contributed by atoms with E-state index in [0.29, 0.717) is 6.42 Å². The van der Waals surface area contributed by atoms with Gasteiger partial charge in [0.1, 0.15) is 0 Å². The first-order valence-corrected chi connectivity index (χ1v) is 8.24. The van der Waals surface area contributed by atoms with E-state index in [1.54, 1.807) is 0 Å². The summed E-state index contributed by atoms with van der Waals surface area (Å²) < 4.78 is 21.3. The number of rotatable bonds is 13. The number of hydrogen-bond acceptors (Lipinski definition) is 0. The van der Waals surface area contributed by atoms with Crippen LogP contribution in [0.2, 0.25) is 0 Å². The largest absolute Gasteiger partial charge is 0.0928 e. The highest BCUT2D eigenvalue weighted by Gasteiger charge is 1.92. The SMILES string of the molecule is [2H]C([2H])([2H])CCCCCCCCCCCCCCBr. The topological polar surface area (TPSA) is 0 Å². The van der Waals surface area contributed by atoms with Crippen molar-refractivity contribution in [3.63, 3.8) is 0 Å². The van der Waals surface area contributed by atoms with Gasteiger partial charge in [-0.3, -0.25) is 0 Å². The molecule has 0 radical (unpaired) electrons. The molecule has 0 aliphatic rings. The smallest absolute Gasteiger partial charge is 0.0230 e. The first-order chi connectivity index (χ1) is 9.06.